The topological polar surface area (TPSA) is 122 Å². The van der Waals surface area contributed by atoms with E-state index in [0.29, 0.717) is 30.1 Å². The van der Waals surface area contributed by atoms with Crippen LogP contribution in [0.25, 0.3) is 0 Å². The van der Waals surface area contributed by atoms with E-state index in [-0.39, 0.29) is 28.5 Å². The number of rotatable bonds is 10. The van der Waals surface area contributed by atoms with Gasteiger partial charge in [0.15, 0.2) is 0 Å². The number of piperidine rings is 1. The van der Waals surface area contributed by atoms with Crippen molar-refractivity contribution in [3.8, 4) is 5.75 Å². The highest BCUT2D eigenvalue weighted by Gasteiger charge is 2.25. The summed E-state index contributed by atoms with van der Waals surface area (Å²) >= 11 is 0. The molecule has 1 saturated heterocycles. The number of ether oxygens (including phenoxy) is 1. The lowest BCUT2D eigenvalue weighted by molar-refractivity contribution is 0.0946. The number of carbonyl (C=O) groups excluding carboxylic acids is 1. The first kappa shape index (κ1) is 29.6. The molecule has 0 aliphatic carbocycles. The van der Waals surface area contributed by atoms with Gasteiger partial charge in [-0.1, -0.05) is 18.6 Å². The van der Waals surface area contributed by atoms with Gasteiger partial charge in [0.25, 0.3) is 15.9 Å². The summed E-state index contributed by atoms with van der Waals surface area (Å²) in [6, 6.07) is 16.1. The van der Waals surface area contributed by atoms with Crippen LogP contribution < -0.4 is 14.8 Å². The maximum absolute atomic E-state index is 13.1. The summed E-state index contributed by atoms with van der Waals surface area (Å²) in [7, 11) is -7.42. The molecule has 1 aliphatic rings. The van der Waals surface area contributed by atoms with Gasteiger partial charge in [-0.05, 0) is 98.8 Å². The summed E-state index contributed by atoms with van der Waals surface area (Å²) in [5, 5.41) is 2.73. The van der Waals surface area contributed by atoms with Gasteiger partial charge >= 0.3 is 0 Å². The maximum Gasteiger partial charge on any atom is 0.262 e. The Morgan fingerprint density at radius 1 is 0.825 bits per heavy atom. The van der Waals surface area contributed by atoms with Crippen molar-refractivity contribution in [1.82, 2.24) is 9.62 Å². The zero-order valence-corrected chi connectivity index (χ0v) is 24.6. The third-order valence-electron chi connectivity index (χ3n) is 6.93. The van der Waals surface area contributed by atoms with Crippen LogP contribution >= 0.6 is 0 Å². The quantitative estimate of drug-likeness (QED) is 0.340. The minimum absolute atomic E-state index is 0.0224. The van der Waals surface area contributed by atoms with Crippen molar-refractivity contribution < 1.29 is 26.4 Å². The number of sulfonamides is 2. The maximum atomic E-state index is 13.1. The molecule has 0 spiro atoms. The van der Waals surface area contributed by atoms with Crippen molar-refractivity contribution >= 4 is 31.6 Å². The highest BCUT2D eigenvalue weighted by atomic mass is 32.2. The molecule has 4 rings (SSSR count). The predicted molar refractivity (Wildman–Crippen MR) is 155 cm³/mol. The largest absolute Gasteiger partial charge is 0.492 e. The standard InChI is InChI=1S/C29H35N3O6S2/c1-21-8-10-25(19-23(21)3)31-39(34,35)28-20-24(9-7-22(28)2)29(33)30-15-18-38-26-11-13-27(14-12-26)40(36,37)32-16-5-4-6-17-32/h7-14,19-20,31H,4-6,15-18H2,1-3H3,(H,30,33). The minimum atomic E-state index is -3.91. The summed E-state index contributed by atoms with van der Waals surface area (Å²) in [5.74, 6) is 0.0437. The first-order chi connectivity index (χ1) is 19.0. The SMILES string of the molecule is Cc1ccc(NS(=O)(=O)c2cc(C(=O)NCCOc3ccc(S(=O)(=O)N4CCCCC4)cc3)ccc2C)cc1C. The van der Waals surface area contributed by atoms with Gasteiger partial charge in [-0.3, -0.25) is 9.52 Å². The Balaban J connectivity index is 1.33. The van der Waals surface area contributed by atoms with Crippen molar-refractivity contribution in [2.45, 2.75) is 49.8 Å². The Labute approximate surface area is 236 Å². The predicted octanol–water partition coefficient (Wildman–Crippen LogP) is 4.40. The van der Waals surface area contributed by atoms with Crippen LogP contribution in [-0.2, 0) is 20.0 Å². The highest BCUT2D eigenvalue weighted by molar-refractivity contribution is 7.92. The van der Waals surface area contributed by atoms with Crippen LogP contribution in [0.3, 0.4) is 0 Å². The molecular formula is C29H35N3O6S2. The van der Waals surface area contributed by atoms with E-state index in [2.05, 4.69) is 10.0 Å². The number of nitrogens with one attached hydrogen (secondary N) is 2. The van der Waals surface area contributed by atoms with Gasteiger partial charge < -0.3 is 10.1 Å². The molecule has 1 heterocycles. The van der Waals surface area contributed by atoms with E-state index in [4.69, 9.17) is 4.74 Å². The number of benzene rings is 3. The summed E-state index contributed by atoms with van der Waals surface area (Å²) in [6.45, 7) is 6.93. The number of carbonyl (C=O) groups is 1. The number of aryl methyl sites for hydroxylation is 3. The van der Waals surface area contributed by atoms with Gasteiger partial charge in [0.2, 0.25) is 10.0 Å². The molecule has 3 aromatic carbocycles. The Hall–Kier alpha value is -3.41. The van der Waals surface area contributed by atoms with Crippen molar-refractivity contribution in [2.75, 3.05) is 31.0 Å². The second kappa shape index (κ2) is 12.4. The fraction of sp³-hybridized carbons (Fsp3) is 0.345. The van der Waals surface area contributed by atoms with Crippen molar-refractivity contribution in [1.29, 1.82) is 0 Å². The molecule has 11 heteroatoms. The van der Waals surface area contributed by atoms with Crippen LogP contribution in [-0.4, -0.2) is 53.3 Å². The molecule has 2 N–H and O–H groups in total. The van der Waals surface area contributed by atoms with E-state index in [0.717, 1.165) is 30.4 Å². The minimum Gasteiger partial charge on any atom is -0.492 e. The fourth-order valence-corrected chi connectivity index (χ4v) is 7.28. The van der Waals surface area contributed by atoms with Gasteiger partial charge in [0, 0.05) is 24.3 Å². The van der Waals surface area contributed by atoms with Gasteiger partial charge in [-0.25, -0.2) is 16.8 Å². The second-order valence-corrected chi connectivity index (χ2v) is 13.5. The summed E-state index contributed by atoms with van der Waals surface area (Å²) in [4.78, 5) is 13.0. The molecule has 0 bridgehead atoms. The summed E-state index contributed by atoms with van der Waals surface area (Å²) < 4.78 is 61.5. The fourth-order valence-electron chi connectivity index (χ4n) is 4.44. The summed E-state index contributed by atoms with van der Waals surface area (Å²) in [6.07, 6.45) is 2.79. The molecule has 0 unspecified atom stereocenters. The molecule has 0 aromatic heterocycles. The van der Waals surface area contributed by atoms with Crippen LogP contribution in [0.4, 0.5) is 5.69 Å². The van der Waals surface area contributed by atoms with Crippen LogP contribution in [0, 0.1) is 20.8 Å². The first-order valence-electron chi connectivity index (χ1n) is 13.2. The lowest BCUT2D eigenvalue weighted by atomic mass is 10.1. The smallest absolute Gasteiger partial charge is 0.262 e. The number of amides is 1. The third-order valence-corrected chi connectivity index (χ3v) is 10.4. The van der Waals surface area contributed by atoms with Crippen molar-refractivity contribution in [2.24, 2.45) is 0 Å². The molecule has 9 nitrogen and oxygen atoms in total. The monoisotopic (exact) mass is 585 g/mol. The average molecular weight is 586 g/mol. The Morgan fingerprint density at radius 3 is 2.17 bits per heavy atom. The normalized spacial score (nSPS) is 14.5. The van der Waals surface area contributed by atoms with Crippen molar-refractivity contribution in [3.05, 3.63) is 82.9 Å². The molecule has 0 radical (unpaired) electrons. The third kappa shape index (κ3) is 7.01. The Bertz CT molecular complexity index is 1580. The van der Waals surface area contributed by atoms with Gasteiger partial charge in [0.05, 0.1) is 16.3 Å². The molecule has 1 fully saturated rings. The number of anilines is 1. The van der Waals surface area contributed by atoms with Gasteiger partial charge in [0.1, 0.15) is 12.4 Å². The Kier molecular flexibility index (Phi) is 9.17. The van der Waals surface area contributed by atoms with E-state index in [1.165, 1.54) is 22.5 Å². The van der Waals surface area contributed by atoms with Crippen molar-refractivity contribution in [3.63, 3.8) is 0 Å². The number of hydrogen-bond donors (Lipinski definition) is 2. The van der Waals surface area contributed by atoms with E-state index in [1.54, 1.807) is 43.3 Å². The van der Waals surface area contributed by atoms with E-state index >= 15 is 0 Å². The highest BCUT2D eigenvalue weighted by Crippen LogP contribution is 2.24. The molecule has 0 atom stereocenters. The van der Waals surface area contributed by atoms with Crippen LogP contribution in [0.1, 0.15) is 46.3 Å². The lowest BCUT2D eigenvalue weighted by Crippen LogP contribution is -2.35. The molecule has 0 saturated carbocycles. The average Bonchev–Trinajstić information content (AvgIpc) is 2.93. The molecule has 40 heavy (non-hydrogen) atoms. The van der Waals surface area contributed by atoms with E-state index < -0.39 is 26.0 Å². The first-order valence-corrected chi connectivity index (χ1v) is 16.1. The Morgan fingerprint density at radius 2 is 1.50 bits per heavy atom. The molecule has 1 aliphatic heterocycles. The number of hydrogen-bond acceptors (Lipinski definition) is 6. The molecule has 214 valence electrons. The summed E-state index contributed by atoms with van der Waals surface area (Å²) in [5.41, 5.74) is 3.19. The van der Waals surface area contributed by atoms with Crippen LogP contribution in [0.5, 0.6) is 5.75 Å². The van der Waals surface area contributed by atoms with E-state index in [1.807, 2.05) is 19.9 Å². The zero-order chi connectivity index (χ0) is 28.9. The van der Waals surface area contributed by atoms with Crippen LogP contribution in [0.15, 0.2) is 70.5 Å². The number of nitrogens with zero attached hydrogens (tertiary/aromatic N) is 1. The molecule has 3 aromatic rings. The zero-order valence-electron chi connectivity index (χ0n) is 22.9. The lowest BCUT2D eigenvalue weighted by Gasteiger charge is -2.25. The van der Waals surface area contributed by atoms with Gasteiger partial charge in [-0.2, -0.15) is 4.31 Å². The molecular weight excluding hydrogens is 550 g/mol. The van der Waals surface area contributed by atoms with Crippen LogP contribution in [0.2, 0.25) is 0 Å². The second-order valence-electron chi connectivity index (χ2n) is 9.93. The van der Waals surface area contributed by atoms with E-state index in [9.17, 15) is 21.6 Å². The van der Waals surface area contributed by atoms with Gasteiger partial charge in [-0.15, -0.1) is 0 Å². The molecule has 1 amide bonds.